The number of H-pyrrole nitrogens is 1. The van der Waals surface area contributed by atoms with Crippen molar-refractivity contribution in [2.24, 2.45) is 7.05 Å². The van der Waals surface area contributed by atoms with Crippen LogP contribution in [-0.4, -0.2) is 30.6 Å². The first kappa shape index (κ1) is 17.1. The highest BCUT2D eigenvalue weighted by Gasteiger charge is 2.19. The largest absolute Gasteiger partial charge is 0.497 e. The SMILES string of the molecule is CCCCn1c(-c2ccc(OC)cc2)cn2c3c(=O)[nH]c(=O)n(C)c3nc12. The van der Waals surface area contributed by atoms with Crippen molar-refractivity contribution in [2.45, 2.75) is 26.3 Å². The Bertz CT molecular complexity index is 1240. The van der Waals surface area contributed by atoms with Gasteiger partial charge in [0, 0.05) is 25.4 Å². The molecule has 0 unspecified atom stereocenters. The molecule has 0 spiro atoms. The molecule has 1 N–H and O–H groups in total. The monoisotopic (exact) mass is 367 g/mol. The molecular weight excluding hydrogens is 346 g/mol. The number of rotatable bonds is 5. The van der Waals surface area contributed by atoms with Crippen molar-refractivity contribution < 1.29 is 4.74 Å². The molecular formula is C19H21N5O3. The first-order valence-corrected chi connectivity index (χ1v) is 8.90. The standard InChI is InChI=1S/C19H21N5O3/c1-4-5-10-23-14(12-6-8-13(27-3)9-7-12)11-24-15-16(20-18(23)24)22(2)19(26)21-17(15)25/h6-9,11H,4-5,10H2,1-3H3,(H,21,25,26). The quantitative estimate of drug-likeness (QED) is 0.586. The van der Waals surface area contributed by atoms with E-state index in [1.54, 1.807) is 18.6 Å². The molecule has 4 aromatic rings. The lowest BCUT2D eigenvalue weighted by atomic mass is 10.1. The summed E-state index contributed by atoms with van der Waals surface area (Å²) in [4.78, 5) is 31.3. The average molecular weight is 367 g/mol. The number of hydrogen-bond donors (Lipinski definition) is 1. The lowest BCUT2D eigenvalue weighted by Crippen LogP contribution is -2.28. The fourth-order valence-electron chi connectivity index (χ4n) is 3.33. The van der Waals surface area contributed by atoms with E-state index in [4.69, 9.17) is 4.74 Å². The molecule has 8 nitrogen and oxygen atoms in total. The maximum atomic E-state index is 12.4. The van der Waals surface area contributed by atoms with Gasteiger partial charge in [-0.25, -0.2) is 4.79 Å². The van der Waals surface area contributed by atoms with Gasteiger partial charge in [0.15, 0.2) is 11.2 Å². The Morgan fingerprint density at radius 1 is 1.19 bits per heavy atom. The van der Waals surface area contributed by atoms with E-state index in [-0.39, 0.29) is 0 Å². The van der Waals surface area contributed by atoms with E-state index < -0.39 is 11.2 Å². The lowest BCUT2D eigenvalue weighted by Gasteiger charge is -2.09. The molecule has 0 radical (unpaired) electrons. The summed E-state index contributed by atoms with van der Waals surface area (Å²) < 4.78 is 10.5. The molecule has 3 heterocycles. The van der Waals surface area contributed by atoms with Crippen molar-refractivity contribution in [3.8, 4) is 17.0 Å². The number of hydrogen-bond acceptors (Lipinski definition) is 4. The molecule has 27 heavy (non-hydrogen) atoms. The molecule has 0 saturated carbocycles. The number of unbranched alkanes of at least 4 members (excludes halogenated alkanes) is 1. The average Bonchev–Trinajstić information content (AvgIpc) is 3.21. The first-order chi connectivity index (χ1) is 13.0. The van der Waals surface area contributed by atoms with Crippen LogP contribution in [-0.2, 0) is 13.6 Å². The van der Waals surface area contributed by atoms with Crippen molar-refractivity contribution in [3.63, 3.8) is 0 Å². The van der Waals surface area contributed by atoms with Gasteiger partial charge in [0.1, 0.15) is 5.75 Å². The molecule has 0 fully saturated rings. The van der Waals surface area contributed by atoms with E-state index in [0.29, 0.717) is 16.9 Å². The Kier molecular flexibility index (Phi) is 4.10. The summed E-state index contributed by atoms with van der Waals surface area (Å²) in [7, 11) is 3.24. The number of imidazole rings is 2. The molecule has 4 rings (SSSR count). The van der Waals surface area contributed by atoms with Crippen molar-refractivity contribution in [3.05, 3.63) is 51.3 Å². The van der Waals surface area contributed by atoms with Crippen LogP contribution in [0.15, 0.2) is 40.1 Å². The number of nitrogens with one attached hydrogen (secondary N) is 1. The van der Waals surface area contributed by atoms with Gasteiger partial charge < -0.3 is 9.30 Å². The van der Waals surface area contributed by atoms with Crippen molar-refractivity contribution in [2.75, 3.05) is 7.11 Å². The van der Waals surface area contributed by atoms with Crippen LogP contribution in [0.4, 0.5) is 0 Å². The molecule has 0 atom stereocenters. The number of aromatic amines is 1. The predicted octanol–water partition coefficient (Wildman–Crippen LogP) is 2.15. The van der Waals surface area contributed by atoms with Crippen LogP contribution < -0.4 is 16.0 Å². The van der Waals surface area contributed by atoms with Gasteiger partial charge in [0.25, 0.3) is 5.56 Å². The van der Waals surface area contributed by atoms with Gasteiger partial charge in [0.2, 0.25) is 5.78 Å². The third-order valence-electron chi connectivity index (χ3n) is 4.84. The number of nitrogens with zero attached hydrogens (tertiary/aromatic N) is 4. The Labute approximate surface area is 154 Å². The van der Waals surface area contributed by atoms with E-state index in [1.807, 2.05) is 30.5 Å². The predicted molar refractivity (Wildman–Crippen MR) is 103 cm³/mol. The zero-order valence-electron chi connectivity index (χ0n) is 15.5. The smallest absolute Gasteiger partial charge is 0.329 e. The molecule has 0 bridgehead atoms. The van der Waals surface area contributed by atoms with Gasteiger partial charge in [-0.3, -0.25) is 18.7 Å². The minimum atomic E-state index is -0.469. The fourth-order valence-corrected chi connectivity index (χ4v) is 3.33. The summed E-state index contributed by atoms with van der Waals surface area (Å²) in [6.07, 6.45) is 3.92. The molecule has 140 valence electrons. The number of fused-ring (bicyclic) bond motifs is 3. The van der Waals surface area contributed by atoms with Crippen LogP contribution in [0.1, 0.15) is 19.8 Å². The number of aryl methyl sites for hydroxylation is 2. The van der Waals surface area contributed by atoms with Crippen LogP contribution in [0.5, 0.6) is 5.75 Å². The van der Waals surface area contributed by atoms with Gasteiger partial charge in [-0.2, -0.15) is 4.98 Å². The molecule has 1 aromatic carbocycles. The van der Waals surface area contributed by atoms with E-state index in [2.05, 4.69) is 21.5 Å². The normalized spacial score (nSPS) is 11.5. The van der Waals surface area contributed by atoms with Gasteiger partial charge in [-0.1, -0.05) is 13.3 Å². The topological polar surface area (TPSA) is 86.3 Å². The zero-order chi connectivity index (χ0) is 19.1. The highest BCUT2D eigenvalue weighted by molar-refractivity contribution is 5.78. The second-order valence-corrected chi connectivity index (χ2v) is 6.52. The molecule has 3 aromatic heterocycles. The van der Waals surface area contributed by atoms with Crippen molar-refractivity contribution in [1.82, 2.24) is 23.5 Å². The Balaban J connectivity index is 2.02. The molecule has 0 aliphatic heterocycles. The van der Waals surface area contributed by atoms with Crippen molar-refractivity contribution >= 4 is 16.9 Å². The zero-order valence-corrected chi connectivity index (χ0v) is 15.5. The summed E-state index contributed by atoms with van der Waals surface area (Å²) in [5.74, 6) is 1.43. The maximum absolute atomic E-state index is 12.4. The minimum absolute atomic E-state index is 0.372. The van der Waals surface area contributed by atoms with Gasteiger partial charge in [-0.05, 0) is 30.7 Å². The summed E-state index contributed by atoms with van der Waals surface area (Å²) in [5.41, 5.74) is 1.82. The van der Waals surface area contributed by atoms with E-state index >= 15 is 0 Å². The number of aromatic nitrogens is 5. The summed E-state index contributed by atoms with van der Waals surface area (Å²) in [5, 5.41) is 0. The number of methoxy groups -OCH3 is 1. The van der Waals surface area contributed by atoms with Crippen LogP contribution >= 0.6 is 0 Å². The van der Waals surface area contributed by atoms with Crippen LogP contribution in [0.3, 0.4) is 0 Å². The first-order valence-electron chi connectivity index (χ1n) is 8.90. The fraction of sp³-hybridized carbons (Fsp3) is 0.316. The number of benzene rings is 1. The van der Waals surface area contributed by atoms with E-state index in [9.17, 15) is 9.59 Å². The summed E-state index contributed by atoms with van der Waals surface area (Å²) >= 11 is 0. The minimum Gasteiger partial charge on any atom is -0.497 e. The summed E-state index contributed by atoms with van der Waals surface area (Å²) in [6.45, 7) is 2.90. The van der Waals surface area contributed by atoms with Crippen LogP contribution in [0, 0.1) is 0 Å². The third-order valence-corrected chi connectivity index (χ3v) is 4.84. The highest BCUT2D eigenvalue weighted by atomic mass is 16.5. The van der Waals surface area contributed by atoms with Crippen molar-refractivity contribution in [1.29, 1.82) is 0 Å². The maximum Gasteiger partial charge on any atom is 0.329 e. The number of ether oxygens (including phenoxy) is 1. The molecule has 0 saturated heterocycles. The second kappa shape index (κ2) is 6.46. The molecule has 0 amide bonds. The second-order valence-electron chi connectivity index (χ2n) is 6.52. The van der Waals surface area contributed by atoms with Gasteiger partial charge >= 0.3 is 5.69 Å². The highest BCUT2D eigenvalue weighted by Crippen LogP contribution is 2.27. The Morgan fingerprint density at radius 3 is 2.59 bits per heavy atom. The lowest BCUT2D eigenvalue weighted by molar-refractivity contribution is 0.415. The summed E-state index contributed by atoms with van der Waals surface area (Å²) in [6, 6.07) is 7.78. The molecule has 0 aliphatic carbocycles. The molecule has 8 heteroatoms. The van der Waals surface area contributed by atoms with Gasteiger partial charge in [0.05, 0.1) is 12.8 Å². The van der Waals surface area contributed by atoms with E-state index in [0.717, 1.165) is 36.4 Å². The Hall–Kier alpha value is -3.29. The Morgan fingerprint density at radius 2 is 1.93 bits per heavy atom. The van der Waals surface area contributed by atoms with Gasteiger partial charge in [-0.15, -0.1) is 0 Å². The third kappa shape index (κ3) is 2.64. The van der Waals surface area contributed by atoms with Crippen LogP contribution in [0.2, 0.25) is 0 Å². The molecule has 0 aliphatic rings. The van der Waals surface area contributed by atoms with E-state index in [1.165, 1.54) is 4.57 Å². The van der Waals surface area contributed by atoms with Crippen LogP contribution in [0.25, 0.3) is 28.2 Å².